The molecule has 0 spiro atoms. The molecule has 3 heteroatoms. The van der Waals surface area contributed by atoms with E-state index >= 15 is 0 Å². The Labute approximate surface area is 93.8 Å². The van der Waals surface area contributed by atoms with Gasteiger partial charge in [0.1, 0.15) is 0 Å². The van der Waals surface area contributed by atoms with Crippen LogP contribution in [0.25, 0.3) is 0 Å². The van der Waals surface area contributed by atoms with Gasteiger partial charge in [-0.1, -0.05) is 6.92 Å². The van der Waals surface area contributed by atoms with E-state index < -0.39 is 0 Å². The van der Waals surface area contributed by atoms with Crippen molar-refractivity contribution in [3.63, 3.8) is 0 Å². The van der Waals surface area contributed by atoms with Crippen molar-refractivity contribution in [3.8, 4) is 0 Å². The van der Waals surface area contributed by atoms with Gasteiger partial charge in [0.05, 0.1) is 6.61 Å². The van der Waals surface area contributed by atoms with Gasteiger partial charge in [-0.05, 0) is 51.1 Å². The molecule has 1 aliphatic rings. The SMILES string of the molecule is CC(CN)CCCNC(C)C1CCOC1. The molecule has 3 atom stereocenters. The Balaban J connectivity index is 1.99. The van der Waals surface area contributed by atoms with Crippen LogP contribution in [0.2, 0.25) is 0 Å². The maximum atomic E-state index is 5.58. The summed E-state index contributed by atoms with van der Waals surface area (Å²) in [5, 5.41) is 3.58. The standard InChI is InChI=1S/C12H26N2O/c1-10(8-13)4-3-6-14-11(2)12-5-7-15-9-12/h10-12,14H,3-9,13H2,1-2H3. The summed E-state index contributed by atoms with van der Waals surface area (Å²) < 4.78 is 5.38. The first kappa shape index (κ1) is 12.9. The zero-order valence-corrected chi connectivity index (χ0v) is 10.2. The van der Waals surface area contributed by atoms with Crippen molar-refractivity contribution < 1.29 is 4.74 Å². The Morgan fingerprint density at radius 1 is 1.47 bits per heavy atom. The summed E-state index contributed by atoms with van der Waals surface area (Å²) in [7, 11) is 0. The first-order chi connectivity index (χ1) is 7.24. The normalized spacial score (nSPS) is 25.4. The molecule has 3 unspecified atom stereocenters. The first-order valence-corrected chi connectivity index (χ1v) is 6.25. The molecule has 0 radical (unpaired) electrons. The van der Waals surface area contributed by atoms with Gasteiger partial charge in [-0.15, -0.1) is 0 Å². The number of rotatable bonds is 7. The van der Waals surface area contributed by atoms with E-state index in [1.807, 2.05) is 0 Å². The van der Waals surface area contributed by atoms with Crippen LogP contribution in [0, 0.1) is 11.8 Å². The van der Waals surface area contributed by atoms with Gasteiger partial charge in [-0.2, -0.15) is 0 Å². The lowest BCUT2D eigenvalue weighted by Gasteiger charge is -2.19. The second kappa shape index (κ2) is 7.20. The molecule has 1 aliphatic heterocycles. The molecule has 0 aromatic carbocycles. The Morgan fingerprint density at radius 3 is 2.87 bits per heavy atom. The summed E-state index contributed by atoms with van der Waals surface area (Å²) in [6.45, 7) is 8.29. The van der Waals surface area contributed by atoms with E-state index in [-0.39, 0.29) is 0 Å². The van der Waals surface area contributed by atoms with Gasteiger partial charge in [-0.25, -0.2) is 0 Å². The second-order valence-electron chi connectivity index (χ2n) is 4.85. The molecular weight excluding hydrogens is 188 g/mol. The van der Waals surface area contributed by atoms with Crippen molar-refractivity contribution >= 4 is 0 Å². The lowest BCUT2D eigenvalue weighted by atomic mass is 10.0. The van der Waals surface area contributed by atoms with Crippen molar-refractivity contribution in [1.82, 2.24) is 5.32 Å². The smallest absolute Gasteiger partial charge is 0.0509 e. The van der Waals surface area contributed by atoms with Crippen LogP contribution in [0.5, 0.6) is 0 Å². The molecule has 0 aliphatic carbocycles. The van der Waals surface area contributed by atoms with E-state index in [2.05, 4.69) is 19.2 Å². The van der Waals surface area contributed by atoms with E-state index in [0.717, 1.165) is 32.2 Å². The zero-order chi connectivity index (χ0) is 11.1. The van der Waals surface area contributed by atoms with E-state index in [1.165, 1.54) is 19.3 Å². The summed E-state index contributed by atoms with van der Waals surface area (Å²) >= 11 is 0. The predicted octanol–water partition coefficient (Wildman–Crippen LogP) is 1.38. The van der Waals surface area contributed by atoms with Gasteiger partial charge in [-0.3, -0.25) is 0 Å². The summed E-state index contributed by atoms with van der Waals surface area (Å²) in [6.07, 6.45) is 3.68. The lowest BCUT2D eigenvalue weighted by molar-refractivity contribution is 0.178. The minimum absolute atomic E-state index is 0.598. The van der Waals surface area contributed by atoms with E-state index in [9.17, 15) is 0 Å². The molecule has 0 amide bonds. The van der Waals surface area contributed by atoms with Crippen molar-refractivity contribution in [2.24, 2.45) is 17.6 Å². The fourth-order valence-electron chi connectivity index (χ4n) is 2.01. The molecule has 90 valence electrons. The number of ether oxygens (including phenoxy) is 1. The van der Waals surface area contributed by atoms with E-state index in [0.29, 0.717) is 12.0 Å². The third-order valence-electron chi connectivity index (χ3n) is 3.41. The molecule has 3 N–H and O–H groups in total. The van der Waals surface area contributed by atoms with E-state index in [4.69, 9.17) is 10.5 Å². The minimum Gasteiger partial charge on any atom is -0.381 e. The third kappa shape index (κ3) is 4.96. The third-order valence-corrected chi connectivity index (χ3v) is 3.41. The van der Waals surface area contributed by atoms with Crippen LogP contribution in [0.1, 0.15) is 33.1 Å². The molecule has 0 aromatic rings. The van der Waals surface area contributed by atoms with E-state index in [1.54, 1.807) is 0 Å². The highest BCUT2D eigenvalue weighted by Gasteiger charge is 2.21. The fourth-order valence-corrected chi connectivity index (χ4v) is 2.01. The molecule has 0 bridgehead atoms. The number of hydrogen-bond donors (Lipinski definition) is 2. The molecule has 1 fully saturated rings. The largest absolute Gasteiger partial charge is 0.381 e. The topological polar surface area (TPSA) is 47.3 Å². The summed E-state index contributed by atoms with van der Waals surface area (Å²) in [4.78, 5) is 0. The van der Waals surface area contributed by atoms with Crippen LogP contribution >= 0.6 is 0 Å². The maximum Gasteiger partial charge on any atom is 0.0509 e. The van der Waals surface area contributed by atoms with Crippen molar-refractivity contribution in [3.05, 3.63) is 0 Å². The fraction of sp³-hybridized carbons (Fsp3) is 1.00. The summed E-state index contributed by atoms with van der Waals surface area (Å²) in [5.41, 5.74) is 5.58. The zero-order valence-electron chi connectivity index (χ0n) is 10.2. The van der Waals surface area contributed by atoms with Gasteiger partial charge in [0.25, 0.3) is 0 Å². The van der Waals surface area contributed by atoms with Crippen LogP contribution in [-0.4, -0.2) is 32.3 Å². The van der Waals surface area contributed by atoms with Gasteiger partial charge in [0, 0.05) is 12.6 Å². The molecule has 0 aromatic heterocycles. The highest BCUT2D eigenvalue weighted by molar-refractivity contribution is 4.75. The van der Waals surface area contributed by atoms with Crippen LogP contribution in [0.4, 0.5) is 0 Å². The van der Waals surface area contributed by atoms with Crippen molar-refractivity contribution in [2.75, 3.05) is 26.3 Å². The highest BCUT2D eigenvalue weighted by Crippen LogP contribution is 2.16. The van der Waals surface area contributed by atoms with Crippen molar-refractivity contribution in [1.29, 1.82) is 0 Å². The first-order valence-electron chi connectivity index (χ1n) is 6.25. The van der Waals surface area contributed by atoms with Gasteiger partial charge < -0.3 is 15.8 Å². The maximum absolute atomic E-state index is 5.58. The monoisotopic (exact) mass is 214 g/mol. The quantitative estimate of drug-likeness (QED) is 0.629. The van der Waals surface area contributed by atoms with Gasteiger partial charge >= 0.3 is 0 Å². The second-order valence-corrected chi connectivity index (χ2v) is 4.85. The number of nitrogens with one attached hydrogen (secondary N) is 1. The molecule has 15 heavy (non-hydrogen) atoms. The molecule has 1 saturated heterocycles. The Bertz CT molecular complexity index is 158. The Kier molecular flexibility index (Phi) is 6.22. The van der Waals surface area contributed by atoms with Crippen LogP contribution in [-0.2, 0) is 4.74 Å². The molecule has 1 heterocycles. The molecule has 0 saturated carbocycles. The summed E-state index contributed by atoms with van der Waals surface area (Å²) in [5.74, 6) is 1.38. The Hall–Kier alpha value is -0.120. The molecule has 1 rings (SSSR count). The number of hydrogen-bond acceptors (Lipinski definition) is 3. The van der Waals surface area contributed by atoms with Crippen molar-refractivity contribution in [2.45, 2.75) is 39.2 Å². The number of nitrogens with two attached hydrogens (primary N) is 1. The lowest BCUT2D eigenvalue weighted by Crippen LogP contribution is -2.34. The Morgan fingerprint density at radius 2 is 2.27 bits per heavy atom. The predicted molar refractivity (Wildman–Crippen MR) is 63.8 cm³/mol. The summed E-state index contributed by atoms with van der Waals surface area (Å²) in [6, 6.07) is 0.598. The van der Waals surface area contributed by atoms with Gasteiger partial charge in [0.15, 0.2) is 0 Å². The minimum atomic E-state index is 0.598. The molecular formula is C12H26N2O. The highest BCUT2D eigenvalue weighted by atomic mass is 16.5. The molecule has 3 nitrogen and oxygen atoms in total. The average molecular weight is 214 g/mol. The van der Waals surface area contributed by atoms with Crippen LogP contribution in [0.3, 0.4) is 0 Å². The van der Waals surface area contributed by atoms with Crippen LogP contribution in [0.15, 0.2) is 0 Å². The average Bonchev–Trinajstić information content (AvgIpc) is 2.77. The van der Waals surface area contributed by atoms with Crippen LogP contribution < -0.4 is 11.1 Å². The van der Waals surface area contributed by atoms with Gasteiger partial charge in [0.2, 0.25) is 0 Å².